The Hall–Kier alpha value is -1.05. The summed E-state index contributed by atoms with van der Waals surface area (Å²) in [6.45, 7) is 4.13. The Bertz CT molecular complexity index is 251. The highest BCUT2D eigenvalue weighted by molar-refractivity contribution is 5.67. The molecule has 0 amide bonds. The number of carboxylic acid groups (broad SMARTS) is 1. The molecule has 0 aromatic heterocycles. The third kappa shape index (κ3) is 2.72. The van der Waals surface area contributed by atoms with E-state index in [9.17, 15) is 4.79 Å². The van der Waals surface area contributed by atoms with Crippen molar-refractivity contribution in [3.05, 3.63) is 23.8 Å². The molecule has 0 aliphatic heterocycles. The Morgan fingerprint density at radius 2 is 2.46 bits per heavy atom. The molecule has 0 bridgehead atoms. The first-order valence-corrected chi connectivity index (χ1v) is 4.69. The lowest BCUT2D eigenvalue weighted by molar-refractivity contribution is -0.137. The fourth-order valence-electron chi connectivity index (χ4n) is 1.79. The van der Waals surface area contributed by atoms with E-state index in [1.807, 2.05) is 13.0 Å². The van der Waals surface area contributed by atoms with Gasteiger partial charge in [0.05, 0.1) is 6.42 Å². The Balaban J connectivity index is 2.63. The minimum atomic E-state index is -0.713. The molecule has 1 N–H and O–H groups in total. The molecule has 0 aromatic carbocycles. The van der Waals surface area contributed by atoms with Crippen molar-refractivity contribution in [2.45, 2.75) is 26.7 Å². The SMILES string of the molecule is CC1CC=CC=C1C(C)CC(=O)O. The van der Waals surface area contributed by atoms with Crippen LogP contribution in [-0.4, -0.2) is 11.1 Å². The van der Waals surface area contributed by atoms with Crippen molar-refractivity contribution in [3.63, 3.8) is 0 Å². The van der Waals surface area contributed by atoms with Gasteiger partial charge in [-0.25, -0.2) is 0 Å². The minimum absolute atomic E-state index is 0.164. The molecule has 1 aliphatic carbocycles. The van der Waals surface area contributed by atoms with Gasteiger partial charge < -0.3 is 5.11 Å². The molecular formula is C11H16O2. The third-order valence-corrected chi connectivity index (χ3v) is 2.53. The summed E-state index contributed by atoms with van der Waals surface area (Å²) in [4.78, 5) is 10.5. The fourth-order valence-corrected chi connectivity index (χ4v) is 1.79. The van der Waals surface area contributed by atoms with E-state index >= 15 is 0 Å². The number of hydrogen-bond acceptors (Lipinski definition) is 1. The average molecular weight is 180 g/mol. The van der Waals surface area contributed by atoms with Gasteiger partial charge in [0.15, 0.2) is 0 Å². The van der Waals surface area contributed by atoms with Gasteiger partial charge in [-0.1, -0.05) is 37.6 Å². The lowest BCUT2D eigenvalue weighted by atomic mass is 9.83. The lowest BCUT2D eigenvalue weighted by Gasteiger charge is -2.22. The van der Waals surface area contributed by atoms with Crippen LogP contribution >= 0.6 is 0 Å². The summed E-state index contributed by atoms with van der Waals surface area (Å²) in [5, 5.41) is 8.66. The first-order valence-electron chi connectivity index (χ1n) is 4.69. The summed E-state index contributed by atoms with van der Waals surface area (Å²) in [6.07, 6.45) is 7.48. The second-order valence-electron chi connectivity index (χ2n) is 3.73. The zero-order valence-electron chi connectivity index (χ0n) is 8.16. The molecule has 0 radical (unpaired) electrons. The number of carbonyl (C=O) groups is 1. The highest BCUT2D eigenvalue weighted by Crippen LogP contribution is 2.28. The first-order chi connectivity index (χ1) is 6.11. The van der Waals surface area contributed by atoms with E-state index in [0.717, 1.165) is 6.42 Å². The van der Waals surface area contributed by atoms with Crippen molar-refractivity contribution in [1.29, 1.82) is 0 Å². The number of hydrogen-bond donors (Lipinski definition) is 1. The molecule has 72 valence electrons. The van der Waals surface area contributed by atoms with Gasteiger partial charge in [0.2, 0.25) is 0 Å². The van der Waals surface area contributed by atoms with E-state index in [4.69, 9.17) is 5.11 Å². The topological polar surface area (TPSA) is 37.3 Å². The minimum Gasteiger partial charge on any atom is -0.481 e. The second kappa shape index (κ2) is 4.26. The molecule has 2 heteroatoms. The number of carboxylic acids is 1. The maximum Gasteiger partial charge on any atom is 0.303 e. The predicted molar refractivity (Wildman–Crippen MR) is 52.4 cm³/mol. The normalized spacial score (nSPS) is 23.8. The standard InChI is InChI=1S/C11H16O2/c1-8-5-3-4-6-10(8)9(2)7-11(12)13/h3-4,6,8-9H,5,7H2,1-2H3,(H,12,13). The van der Waals surface area contributed by atoms with Crippen LogP contribution in [0, 0.1) is 11.8 Å². The molecule has 0 saturated heterocycles. The van der Waals surface area contributed by atoms with E-state index in [1.165, 1.54) is 5.57 Å². The summed E-state index contributed by atoms with van der Waals surface area (Å²) >= 11 is 0. The maximum absolute atomic E-state index is 10.5. The van der Waals surface area contributed by atoms with E-state index in [1.54, 1.807) is 0 Å². The second-order valence-corrected chi connectivity index (χ2v) is 3.73. The molecule has 0 saturated carbocycles. The molecule has 0 heterocycles. The quantitative estimate of drug-likeness (QED) is 0.724. The van der Waals surface area contributed by atoms with Gasteiger partial charge in [0, 0.05) is 0 Å². The average Bonchev–Trinajstić information content (AvgIpc) is 2.03. The maximum atomic E-state index is 10.5. The predicted octanol–water partition coefficient (Wildman–Crippen LogP) is 2.62. The van der Waals surface area contributed by atoms with Gasteiger partial charge >= 0.3 is 5.97 Å². The Kier molecular flexibility index (Phi) is 3.29. The summed E-state index contributed by atoms with van der Waals surface area (Å²) < 4.78 is 0. The summed E-state index contributed by atoms with van der Waals surface area (Å²) in [6, 6.07) is 0. The zero-order chi connectivity index (χ0) is 9.84. The van der Waals surface area contributed by atoms with Crippen LogP contribution in [0.5, 0.6) is 0 Å². The lowest BCUT2D eigenvalue weighted by Crippen LogP contribution is -2.13. The summed E-state index contributed by atoms with van der Waals surface area (Å²) in [7, 11) is 0. The highest BCUT2D eigenvalue weighted by atomic mass is 16.4. The molecule has 0 fully saturated rings. The molecular weight excluding hydrogens is 164 g/mol. The van der Waals surface area contributed by atoms with Gasteiger partial charge in [-0.3, -0.25) is 4.79 Å². The van der Waals surface area contributed by atoms with Gasteiger partial charge in [-0.15, -0.1) is 0 Å². The van der Waals surface area contributed by atoms with Crippen LogP contribution in [0.4, 0.5) is 0 Å². The molecule has 2 unspecified atom stereocenters. The van der Waals surface area contributed by atoms with Crippen molar-refractivity contribution >= 4 is 5.97 Å². The van der Waals surface area contributed by atoms with Crippen molar-refractivity contribution < 1.29 is 9.90 Å². The zero-order valence-corrected chi connectivity index (χ0v) is 8.16. The fraction of sp³-hybridized carbons (Fsp3) is 0.545. The summed E-state index contributed by atoms with van der Waals surface area (Å²) in [5.74, 6) is -0.0491. The van der Waals surface area contributed by atoms with Crippen LogP contribution < -0.4 is 0 Å². The van der Waals surface area contributed by atoms with E-state index in [0.29, 0.717) is 5.92 Å². The highest BCUT2D eigenvalue weighted by Gasteiger charge is 2.18. The van der Waals surface area contributed by atoms with Crippen LogP contribution in [0.1, 0.15) is 26.7 Å². The molecule has 0 spiro atoms. The molecule has 1 aliphatic rings. The Morgan fingerprint density at radius 3 is 3.00 bits per heavy atom. The largest absolute Gasteiger partial charge is 0.481 e. The van der Waals surface area contributed by atoms with Gasteiger partial charge in [0.25, 0.3) is 0 Å². The molecule has 1 rings (SSSR count). The van der Waals surface area contributed by atoms with Crippen molar-refractivity contribution in [1.82, 2.24) is 0 Å². The number of allylic oxidation sites excluding steroid dienone is 4. The Labute approximate surface area is 79.0 Å². The molecule has 2 nitrogen and oxygen atoms in total. The van der Waals surface area contributed by atoms with Crippen LogP contribution in [0.25, 0.3) is 0 Å². The van der Waals surface area contributed by atoms with E-state index in [-0.39, 0.29) is 12.3 Å². The molecule has 13 heavy (non-hydrogen) atoms. The van der Waals surface area contributed by atoms with E-state index < -0.39 is 5.97 Å². The Morgan fingerprint density at radius 1 is 1.77 bits per heavy atom. The van der Waals surface area contributed by atoms with Crippen LogP contribution in [0.2, 0.25) is 0 Å². The van der Waals surface area contributed by atoms with Crippen molar-refractivity contribution in [3.8, 4) is 0 Å². The van der Waals surface area contributed by atoms with Gasteiger partial charge in [0.1, 0.15) is 0 Å². The van der Waals surface area contributed by atoms with E-state index in [2.05, 4.69) is 19.1 Å². The monoisotopic (exact) mass is 180 g/mol. The van der Waals surface area contributed by atoms with Gasteiger partial charge in [-0.2, -0.15) is 0 Å². The van der Waals surface area contributed by atoms with Gasteiger partial charge in [-0.05, 0) is 18.3 Å². The summed E-state index contributed by atoms with van der Waals surface area (Å²) in [5.41, 5.74) is 1.27. The van der Waals surface area contributed by atoms with Crippen molar-refractivity contribution in [2.75, 3.05) is 0 Å². The van der Waals surface area contributed by atoms with Crippen LogP contribution in [0.3, 0.4) is 0 Å². The third-order valence-electron chi connectivity index (χ3n) is 2.53. The van der Waals surface area contributed by atoms with Crippen LogP contribution in [-0.2, 0) is 4.79 Å². The van der Waals surface area contributed by atoms with Crippen molar-refractivity contribution in [2.24, 2.45) is 11.8 Å². The molecule has 0 aromatic rings. The molecule has 2 atom stereocenters. The first kappa shape index (κ1) is 10.0. The number of rotatable bonds is 3. The number of aliphatic carboxylic acids is 1. The van der Waals surface area contributed by atoms with Crippen LogP contribution in [0.15, 0.2) is 23.8 Å². The smallest absolute Gasteiger partial charge is 0.303 e.